The summed E-state index contributed by atoms with van der Waals surface area (Å²) in [6, 6.07) is 7.64. The first-order chi connectivity index (χ1) is 14.6. The predicted molar refractivity (Wildman–Crippen MR) is 120 cm³/mol. The van der Waals surface area contributed by atoms with Gasteiger partial charge in [-0.1, -0.05) is 23.9 Å². The summed E-state index contributed by atoms with van der Waals surface area (Å²) in [4.78, 5) is 18.5. The van der Waals surface area contributed by atoms with Crippen molar-refractivity contribution in [3.05, 3.63) is 59.2 Å². The van der Waals surface area contributed by atoms with E-state index in [0.717, 1.165) is 35.0 Å². The maximum atomic E-state index is 14.5. The molecule has 0 saturated carbocycles. The van der Waals surface area contributed by atoms with Crippen LogP contribution in [0.1, 0.15) is 11.1 Å². The van der Waals surface area contributed by atoms with Crippen LogP contribution in [0.25, 0.3) is 0 Å². The van der Waals surface area contributed by atoms with E-state index in [2.05, 4.69) is 10.3 Å². The molecule has 1 fully saturated rings. The number of amidine groups is 1. The number of aliphatic imine (C=N–C) groups is 1. The van der Waals surface area contributed by atoms with E-state index in [1.54, 1.807) is 0 Å². The maximum absolute atomic E-state index is 14.5. The molecule has 0 bridgehead atoms. The summed E-state index contributed by atoms with van der Waals surface area (Å²) in [5.74, 6) is -2.08. The largest absolute Gasteiger partial charge is 0.325 e. The zero-order valence-corrected chi connectivity index (χ0v) is 18.6. The van der Waals surface area contributed by atoms with Crippen molar-refractivity contribution in [1.29, 1.82) is 0 Å². The second-order valence-corrected chi connectivity index (χ2v) is 10.8. The van der Waals surface area contributed by atoms with Crippen LogP contribution in [-0.2, 0) is 14.6 Å². The molecule has 4 rings (SSSR count). The Morgan fingerprint density at radius 3 is 2.74 bits per heavy atom. The predicted octanol–water partition coefficient (Wildman–Crippen LogP) is 3.30. The Morgan fingerprint density at radius 2 is 2.00 bits per heavy atom. The van der Waals surface area contributed by atoms with E-state index in [4.69, 9.17) is 0 Å². The van der Waals surface area contributed by atoms with Crippen molar-refractivity contribution in [2.45, 2.75) is 25.9 Å². The smallest absolute Gasteiger partial charge is 0.234 e. The summed E-state index contributed by atoms with van der Waals surface area (Å²) in [5.41, 5.74) is 2.78. The van der Waals surface area contributed by atoms with E-state index in [9.17, 15) is 22.0 Å². The first-order valence-electron chi connectivity index (χ1n) is 9.66. The molecule has 6 nitrogen and oxygen atoms in total. The van der Waals surface area contributed by atoms with Gasteiger partial charge in [-0.25, -0.2) is 17.2 Å². The van der Waals surface area contributed by atoms with Gasteiger partial charge in [0, 0.05) is 11.8 Å². The number of halogens is 2. The fourth-order valence-electron chi connectivity index (χ4n) is 3.79. The number of nitrogens with zero attached hydrogens (tertiary/aromatic N) is 2. The molecule has 10 heteroatoms. The standard InChI is InChI=1S/C21H21F2N3O3S2/c1-12-4-3-5-16(13(12)2)24-20(27)9-30-21-25-17-10-31(28,29)11-19(17)26(21)18-7-6-14(22)8-15(18)23/h3-8,17,19H,9-11H2,1-2H3,(H,24,27)/t17-,19-/m1/s1. The molecule has 164 valence electrons. The quantitative estimate of drug-likeness (QED) is 0.750. The molecule has 0 unspecified atom stereocenters. The Labute approximate surface area is 183 Å². The van der Waals surface area contributed by atoms with Crippen LogP contribution in [0, 0.1) is 25.5 Å². The van der Waals surface area contributed by atoms with Crippen LogP contribution in [0.3, 0.4) is 0 Å². The first-order valence-corrected chi connectivity index (χ1v) is 12.5. The molecule has 2 atom stereocenters. The maximum Gasteiger partial charge on any atom is 0.234 e. The van der Waals surface area contributed by atoms with Crippen LogP contribution in [0.15, 0.2) is 41.4 Å². The van der Waals surface area contributed by atoms with Crippen LogP contribution < -0.4 is 10.2 Å². The van der Waals surface area contributed by atoms with Crippen molar-refractivity contribution in [3.63, 3.8) is 0 Å². The number of nitrogens with one attached hydrogen (secondary N) is 1. The second-order valence-electron chi connectivity index (χ2n) is 7.67. The van der Waals surface area contributed by atoms with Crippen molar-refractivity contribution < 1.29 is 22.0 Å². The molecule has 2 aliphatic heterocycles. The number of fused-ring (bicyclic) bond motifs is 1. The van der Waals surface area contributed by atoms with Crippen molar-refractivity contribution in [2.75, 3.05) is 27.5 Å². The summed E-state index contributed by atoms with van der Waals surface area (Å²) in [6.07, 6.45) is 0. The molecular weight excluding hydrogens is 444 g/mol. The summed E-state index contributed by atoms with van der Waals surface area (Å²) in [6.45, 7) is 3.87. The molecule has 1 N–H and O–H groups in total. The Hall–Kier alpha value is -2.46. The third kappa shape index (κ3) is 4.45. The molecule has 0 aromatic heterocycles. The average molecular weight is 466 g/mol. The van der Waals surface area contributed by atoms with Gasteiger partial charge in [0.2, 0.25) is 5.91 Å². The fraction of sp³-hybridized carbons (Fsp3) is 0.333. The lowest BCUT2D eigenvalue weighted by molar-refractivity contribution is -0.113. The summed E-state index contributed by atoms with van der Waals surface area (Å²) in [5, 5.41) is 3.21. The zero-order valence-electron chi connectivity index (χ0n) is 16.9. The average Bonchev–Trinajstić information content (AvgIpc) is 3.15. The Balaban J connectivity index is 1.54. The first kappa shape index (κ1) is 21.8. The van der Waals surface area contributed by atoms with Crippen molar-refractivity contribution in [2.24, 2.45) is 4.99 Å². The van der Waals surface area contributed by atoms with Gasteiger partial charge in [-0.3, -0.25) is 9.79 Å². The van der Waals surface area contributed by atoms with E-state index < -0.39 is 33.6 Å². The van der Waals surface area contributed by atoms with Crippen molar-refractivity contribution in [3.8, 4) is 0 Å². The van der Waals surface area contributed by atoms with Gasteiger partial charge in [-0.05, 0) is 43.2 Å². The summed E-state index contributed by atoms with van der Waals surface area (Å²) >= 11 is 1.10. The molecule has 1 amide bonds. The topological polar surface area (TPSA) is 78.8 Å². The van der Waals surface area contributed by atoms with E-state index in [-0.39, 0.29) is 28.9 Å². The molecule has 2 heterocycles. The highest BCUT2D eigenvalue weighted by atomic mass is 32.2. The molecular formula is C21H21F2N3O3S2. The number of thioether (sulfide) groups is 1. The summed E-state index contributed by atoms with van der Waals surface area (Å²) < 4.78 is 52.1. The Kier molecular flexibility index (Phi) is 5.78. The second kappa shape index (κ2) is 8.23. The van der Waals surface area contributed by atoms with Gasteiger partial charge >= 0.3 is 0 Å². The van der Waals surface area contributed by atoms with Crippen LogP contribution in [0.2, 0.25) is 0 Å². The van der Waals surface area contributed by atoms with E-state index in [1.165, 1.54) is 11.0 Å². The van der Waals surface area contributed by atoms with E-state index in [0.29, 0.717) is 10.9 Å². The third-order valence-electron chi connectivity index (χ3n) is 5.49. The van der Waals surface area contributed by atoms with E-state index >= 15 is 0 Å². The lowest BCUT2D eigenvalue weighted by Gasteiger charge is -2.26. The molecule has 0 radical (unpaired) electrons. The molecule has 2 aliphatic rings. The molecule has 0 aliphatic carbocycles. The van der Waals surface area contributed by atoms with E-state index in [1.807, 2.05) is 32.0 Å². The number of hydrogen-bond acceptors (Lipinski definition) is 6. The highest BCUT2D eigenvalue weighted by Crippen LogP contribution is 2.36. The van der Waals surface area contributed by atoms with Gasteiger partial charge in [0.05, 0.1) is 35.0 Å². The number of carbonyl (C=O) groups excluding carboxylic acids is 1. The lowest BCUT2D eigenvalue weighted by atomic mass is 10.1. The molecule has 1 saturated heterocycles. The number of anilines is 2. The highest BCUT2D eigenvalue weighted by molar-refractivity contribution is 8.14. The Morgan fingerprint density at radius 1 is 1.23 bits per heavy atom. The fourth-order valence-corrected chi connectivity index (χ4v) is 6.55. The van der Waals surface area contributed by atoms with Gasteiger partial charge in [-0.2, -0.15) is 0 Å². The molecule has 2 aromatic rings. The third-order valence-corrected chi connectivity index (χ3v) is 8.15. The number of benzene rings is 2. The van der Waals surface area contributed by atoms with Gasteiger partial charge in [0.25, 0.3) is 0 Å². The minimum absolute atomic E-state index is 0.0116. The van der Waals surface area contributed by atoms with Crippen molar-refractivity contribution >= 4 is 44.0 Å². The minimum atomic E-state index is -3.31. The SMILES string of the molecule is Cc1cccc(NC(=O)CSC2=N[C@@H]3CS(=O)(=O)C[C@H]3N2c2ccc(F)cc2F)c1C. The van der Waals surface area contributed by atoms with Gasteiger partial charge < -0.3 is 10.2 Å². The number of sulfone groups is 1. The van der Waals surface area contributed by atoms with Crippen LogP contribution in [0.4, 0.5) is 20.2 Å². The minimum Gasteiger partial charge on any atom is -0.325 e. The number of rotatable bonds is 4. The number of aryl methyl sites for hydroxylation is 1. The number of amides is 1. The lowest BCUT2D eigenvalue weighted by Crippen LogP contribution is -2.40. The molecule has 31 heavy (non-hydrogen) atoms. The van der Waals surface area contributed by atoms with Gasteiger partial charge in [0.15, 0.2) is 15.0 Å². The number of hydrogen-bond donors (Lipinski definition) is 1. The normalized spacial score (nSPS) is 21.7. The monoisotopic (exact) mass is 465 g/mol. The zero-order chi connectivity index (χ0) is 22.3. The Bertz CT molecular complexity index is 1180. The van der Waals surface area contributed by atoms with Crippen LogP contribution in [0.5, 0.6) is 0 Å². The van der Waals surface area contributed by atoms with Crippen LogP contribution >= 0.6 is 11.8 Å². The summed E-state index contributed by atoms with van der Waals surface area (Å²) in [7, 11) is -3.31. The highest BCUT2D eigenvalue weighted by Gasteiger charge is 2.47. The molecule has 0 spiro atoms. The molecule has 2 aromatic carbocycles. The van der Waals surface area contributed by atoms with Crippen molar-refractivity contribution in [1.82, 2.24) is 0 Å². The van der Waals surface area contributed by atoms with Crippen LogP contribution in [-0.4, -0.2) is 48.8 Å². The van der Waals surface area contributed by atoms with Gasteiger partial charge in [0.1, 0.15) is 11.6 Å². The number of carbonyl (C=O) groups is 1. The van der Waals surface area contributed by atoms with Gasteiger partial charge in [-0.15, -0.1) is 0 Å².